The molecule has 2 aliphatic rings. The van der Waals surface area contributed by atoms with Crippen LogP contribution in [0.3, 0.4) is 0 Å². The van der Waals surface area contributed by atoms with E-state index in [1.807, 2.05) is 0 Å². The second-order valence-corrected chi connectivity index (χ2v) is 5.24. The van der Waals surface area contributed by atoms with Crippen LogP contribution < -0.4 is 5.32 Å². The third-order valence-electron chi connectivity index (χ3n) is 3.78. The van der Waals surface area contributed by atoms with Crippen LogP contribution in [-0.2, 0) is 0 Å². The smallest absolute Gasteiger partial charge is 0.0196 e. The van der Waals surface area contributed by atoms with Crippen LogP contribution in [0, 0.1) is 11.8 Å². The molecule has 1 aliphatic heterocycles. The molecule has 1 heteroatoms. The Morgan fingerprint density at radius 2 is 2.14 bits per heavy atom. The molecule has 1 saturated heterocycles. The Balaban J connectivity index is 1.85. The molecule has 0 aromatic heterocycles. The van der Waals surface area contributed by atoms with E-state index in [2.05, 4.69) is 25.2 Å². The quantitative estimate of drug-likeness (QED) is 0.540. The zero-order valence-electron chi connectivity index (χ0n) is 9.55. The predicted octanol–water partition coefficient (Wildman–Crippen LogP) is 3.12. The summed E-state index contributed by atoms with van der Waals surface area (Å²) in [6.07, 6.45) is 9.38. The summed E-state index contributed by atoms with van der Waals surface area (Å²) in [6.45, 7) is 6.05. The molecule has 1 N–H and O–H groups in total. The van der Waals surface area contributed by atoms with Gasteiger partial charge in [0.05, 0.1) is 0 Å². The van der Waals surface area contributed by atoms with Gasteiger partial charge < -0.3 is 5.32 Å². The molecule has 80 valence electrons. The normalized spacial score (nSPS) is 37.6. The summed E-state index contributed by atoms with van der Waals surface area (Å²) in [5, 5.41) is 3.39. The fraction of sp³-hybridized carbons (Fsp3) is 0.846. The highest BCUT2D eigenvalue weighted by atomic mass is 15.1. The van der Waals surface area contributed by atoms with Gasteiger partial charge in [0.2, 0.25) is 0 Å². The predicted molar refractivity (Wildman–Crippen MR) is 61.3 cm³/mol. The molecule has 1 aliphatic carbocycles. The second kappa shape index (κ2) is 4.48. The number of allylic oxidation sites excluding steroid dienone is 2. The maximum Gasteiger partial charge on any atom is 0.0196 e. The fourth-order valence-corrected chi connectivity index (χ4v) is 2.37. The van der Waals surface area contributed by atoms with E-state index in [0.717, 1.165) is 17.9 Å². The van der Waals surface area contributed by atoms with Crippen molar-refractivity contribution in [2.75, 3.05) is 6.54 Å². The minimum Gasteiger partial charge on any atom is -0.311 e. The molecule has 0 bridgehead atoms. The fourth-order valence-electron chi connectivity index (χ4n) is 2.37. The molecule has 1 heterocycles. The maximum absolute atomic E-state index is 3.39. The van der Waals surface area contributed by atoms with Crippen molar-refractivity contribution in [1.82, 2.24) is 5.32 Å². The van der Waals surface area contributed by atoms with E-state index in [-0.39, 0.29) is 0 Å². The van der Waals surface area contributed by atoms with E-state index >= 15 is 0 Å². The Hall–Kier alpha value is -0.300. The summed E-state index contributed by atoms with van der Waals surface area (Å²) in [5.74, 6) is 1.76. The number of rotatable bonds is 3. The van der Waals surface area contributed by atoms with Crippen molar-refractivity contribution in [3.63, 3.8) is 0 Å². The van der Waals surface area contributed by atoms with Gasteiger partial charge >= 0.3 is 0 Å². The van der Waals surface area contributed by atoms with Crippen LogP contribution >= 0.6 is 0 Å². The van der Waals surface area contributed by atoms with E-state index in [1.54, 1.807) is 5.57 Å². The maximum atomic E-state index is 3.39. The average molecular weight is 193 g/mol. The molecular weight excluding hydrogens is 170 g/mol. The van der Waals surface area contributed by atoms with Crippen molar-refractivity contribution in [2.45, 2.75) is 52.0 Å². The standard InChI is InChI=1S/C13H23N/c1-10-3-5-11(2)12(6-4-10)7-8-13-9-14-13/h6,10-11,13-14H,3-5,7-9H2,1-2H3. The third-order valence-corrected chi connectivity index (χ3v) is 3.78. The number of hydrogen-bond acceptors (Lipinski definition) is 1. The van der Waals surface area contributed by atoms with Crippen molar-refractivity contribution >= 4 is 0 Å². The van der Waals surface area contributed by atoms with Crippen molar-refractivity contribution < 1.29 is 0 Å². The molecule has 0 radical (unpaired) electrons. The topological polar surface area (TPSA) is 21.9 Å². The van der Waals surface area contributed by atoms with Crippen molar-refractivity contribution in [2.24, 2.45) is 11.8 Å². The van der Waals surface area contributed by atoms with Crippen LogP contribution in [0.5, 0.6) is 0 Å². The van der Waals surface area contributed by atoms with Gasteiger partial charge in [0, 0.05) is 12.6 Å². The van der Waals surface area contributed by atoms with Crippen LogP contribution in [0.25, 0.3) is 0 Å². The van der Waals surface area contributed by atoms with Crippen LogP contribution in [0.1, 0.15) is 46.0 Å². The van der Waals surface area contributed by atoms with Crippen molar-refractivity contribution in [1.29, 1.82) is 0 Å². The first kappa shape index (κ1) is 10.2. The molecule has 0 amide bonds. The van der Waals surface area contributed by atoms with Gasteiger partial charge in [-0.15, -0.1) is 0 Å². The minimum atomic E-state index is 0.846. The molecule has 14 heavy (non-hydrogen) atoms. The Kier molecular flexibility index (Phi) is 3.27. The lowest BCUT2D eigenvalue weighted by Crippen LogP contribution is -2.01. The second-order valence-electron chi connectivity index (χ2n) is 5.24. The summed E-state index contributed by atoms with van der Waals surface area (Å²) in [4.78, 5) is 0. The summed E-state index contributed by atoms with van der Waals surface area (Å²) in [7, 11) is 0. The van der Waals surface area contributed by atoms with Gasteiger partial charge in [-0.1, -0.05) is 25.5 Å². The molecule has 0 saturated carbocycles. The lowest BCUT2D eigenvalue weighted by molar-refractivity contribution is 0.481. The lowest BCUT2D eigenvalue weighted by Gasteiger charge is -2.13. The van der Waals surface area contributed by atoms with E-state index < -0.39 is 0 Å². The molecule has 0 aromatic carbocycles. The highest BCUT2D eigenvalue weighted by molar-refractivity contribution is 5.09. The van der Waals surface area contributed by atoms with Gasteiger partial charge in [0.1, 0.15) is 0 Å². The van der Waals surface area contributed by atoms with Crippen LogP contribution in [0.4, 0.5) is 0 Å². The highest BCUT2D eigenvalue weighted by Crippen LogP contribution is 2.30. The number of nitrogens with one attached hydrogen (secondary N) is 1. The zero-order valence-corrected chi connectivity index (χ0v) is 9.55. The summed E-state index contributed by atoms with van der Waals surface area (Å²) < 4.78 is 0. The first-order chi connectivity index (χ1) is 6.75. The zero-order chi connectivity index (χ0) is 9.97. The Labute approximate surface area is 88.0 Å². The third kappa shape index (κ3) is 2.84. The van der Waals surface area contributed by atoms with Gasteiger partial charge in [0.25, 0.3) is 0 Å². The molecular formula is C13H23N. The van der Waals surface area contributed by atoms with Gasteiger partial charge in [-0.05, 0) is 43.9 Å². The molecule has 1 fully saturated rings. The van der Waals surface area contributed by atoms with Gasteiger partial charge in [0.15, 0.2) is 0 Å². The lowest BCUT2D eigenvalue weighted by atomic mass is 9.93. The van der Waals surface area contributed by atoms with E-state index in [0.29, 0.717) is 0 Å². The molecule has 1 nitrogen and oxygen atoms in total. The van der Waals surface area contributed by atoms with Gasteiger partial charge in [-0.25, -0.2) is 0 Å². The SMILES string of the molecule is CC1CC=C(CCC2CN2)C(C)CC1. The summed E-state index contributed by atoms with van der Waals surface area (Å²) >= 11 is 0. The van der Waals surface area contributed by atoms with Crippen molar-refractivity contribution in [3.8, 4) is 0 Å². The first-order valence-electron chi connectivity index (χ1n) is 6.18. The van der Waals surface area contributed by atoms with Crippen LogP contribution in [0.2, 0.25) is 0 Å². The van der Waals surface area contributed by atoms with Gasteiger partial charge in [-0.3, -0.25) is 0 Å². The highest BCUT2D eigenvalue weighted by Gasteiger charge is 2.21. The largest absolute Gasteiger partial charge is 0.311 e. The van der Waals surface area contributed by atoms with E-state index in [4.69, 9.17) is 0 Å². The van der Waals surface area contributed by atoms with Crippen molar-refractivity contribution in [3.05, 3.63) is 11.6 Å². The average Bonchev–Trinajstić information content (AvgIpc) is 2.96. The Morgan fingerprint density at radius 3 is 2.86 bits per heavy atom. The number of hydrogen-bond donors (Lipinski definition) is 1. The molecule has 3 unspecified atom stereocenters. The summed E-state index contributed by atoms with van der Waals surface area (Å²) in [6, 6.07) is 0.851. The monoisotopic (exact) mass is 193 g/mol. The Bertz CT molecular complexity index is 215. The summed E-state index contributed by atoms with van der Waals surface area (Å²) in [5.41, 5.74) is 1.74. The van der Waals surface area contributed by atoms with Gasteiger partial charge in [-0.2, -0.15) is 0 Å². The molecule has 0 aromatic rings. The molecule has 0 spiro atoms. The van der Waals surface area contributed by atoms with Crippen LogP contribution in [0.15, 0.2) is 11.6 Å². The van der Waals surface area contributed by atoms with Crippen LogP contribution in [-0.4, -0.2) is 12.6 Å². The minimum absolute atomic E-state index is 0.846. The first-order valence-corrected chi connectivity index (χ1v) is 6.18. The Morgan fingerprint density at radius 1 is 1.36 bits per heavy atom. The van der Waals surface area contributed by atoms with E-state index in [1.165, 1.54) is 38.6 Å². The van der Waals surface area contributed by atoms with E-state index in [9.17, 15) is 0 Å². The molecule has 2 rings (SSSR count). The molecule has 3 atom stereocenters.